The Kier molecular flexibility index (Phi) is 5.40. The van der Waals surface area contributed by atoms with Gasteiger partial charge in [-0.1, -0.05) is 24.6 Å². The molecule has 1 unspecified atom stereocenters. The van der Waals surface area contributed by atoms with Crippen molar-refractivity contribution in [1.29, 1.82) is 0 Å². The van der Waals surface area contributed by atoms with Crippen molar-refractivity contribution < 1.29 is 0 Å². The highest BCUT2D eigenvalue weighted by atomic mass is 35.5. The van der Waals surface area contributed by atoms with Gasteiger partial charge in [0.1, 0.15) is 5.82 Å². The number of thiophene rings is 1. The van der Waals surface area contributed by atoms with E-state index >= 15 is 0 Å². The summed E-state index contributed by atoms with van der Waals surface area (Å²) in [6.07, 6.45) is 1.95. The monoisotopic (exact) mass is 309 g/mol. The fraction of sp³-hybridized carbons (Fsp3) is 0.400. The van der Waals surface area contributed by atoms with E-state index in [-0.39, 0.29) is 0 Å². The van der Waals surface area contributed by atoms with E-state index < -0.39 is 0 Å². The average Bonchev–Trinajstić information content (AvgIpc) is 2.84. The first kappa shape index (κ1) is 15.3. The van der Waals surface area contributed by atoms with Crippen LogP contribution in [0.5, 0.6) is 0 Å². The maximum absolute atomic E-state index is 5.95. The number of nitrogens with zero attached hydrogens (tertiary/aromatic N) is 2. The number of halogens is 1. The molecular weight excluding hydrogens is 290 g/mol. The van der Waals surface area contributed by atoms with E-state index in [4.69, 9.17) is 11.6 Å². The van der Waals surface area contributed by atoms with Crippen LogP contribution in [0.3, 0.4) is 0 Å². The molecule has 5 heteroatoms. The van der Waals surface area contributed by atoms with E-state index in [1.807, 2.05) is 19.3 Å². The summed E-state index contributed by atoms with van der Waals surface area (Å²) in [6.45, 7) is 6.05. The van der Waals surface area contributed by atoms with E-state index in [0.29, 0.717) is 6.04 Å². The Hall–Kier alpha value is -1.10. The summed E-state index contributed by atoms with van der Waals surface area (Å²) < 4.78 is 0.830. The molecule has 1 atom stereocenters. The average molecular weight is 310 g/mol. The minimum Gasteiger partial charge on any atom is -0.355 e. The van der Waals surface area contributed by atoms with Crippen LogP contribution in [0.25, 0.3) is 0 Å². The zero-order valence-electron chi connectivity index (χ0n) is 12.1. The van der Waals surface area contributed by atoms with Crippen LogP contribution in [-0.2, 0) is 6.54 Å². The second kappa shape index (κ2) is 7.07. The number of pyridine rings is 1. The molecule has 0 fully saturated rings. The van der Waals surface area contributed by atoms with Gasteiger partial charge in [-0.2, -0.15) is 0 Å². The maximum atomic E-state index is 5.95. The third-order valence-corrected chi connectivity index (χ3v) is 4.41. The molecule has 0 bridgehead atoms. The molecule has 0 aliphatic heterocycles. The third kappa shape index (κ3) is 3.95. The zero-order chi connectivity index (χ0) is 14.5. The summed E-state index contributed by atoms with van der Waals surface area (Å²) in [5.41, 5.74) is 1.21. The predicted molar refractivity (Wildman–Crippen MR) is 87.8 cm³/mol. The van der Waals surface area contributed by atoms with Crippen LogP contribution in [0, 0.1) is 0 Å². The Bertz CT molecular complexity index is 538. The molecule has 0 aromatic carbocycles. The summed E-state index contributed by atoms with van der Waals surface area (Å²) >= 11 is 7.56. The molecule has 0 saturated carbocycles. The standard InChI is InChI=1S/C15H20ClN3S/c1-4-17-11(2)12-5-8-15(18-9-12)19(3)10-13-6-7-14(16)20-13/h5-9,11,17H,4,10H2,1-3H3. The first-order valence-electron chi connectivity index (χ1n) is 6.75. The Morgan fingerprint density at radius 3 is 2.70 bits per heavy atom. The number of aromatic nitrogens is 1. The van der Waals surface area contributed by atoms with Crippen LogP contribution >= 0.6 is 22.9 Å². The Balaban J connectivity index is 2.01. The van der Waals surface area contributed by atoms with Gasteiger partial charge < -0.3 is 10.2 Å². The highest BCUT2D eigenvalue weighted by Gasteiger charge is 2.08. The van der Waals surface area contributed by atoms with E-state index in [1.54, 1.807) is 11.3 Å². The third-order valence-electron chi connectivity index (χ3n) is 3.19. The first-order chi connectivity index (χ1) is 9.60. The molecule has 20 heavy (non-hydrogen) atoms. The molecule has 0 radical (unpaired) electrons. The van der Waals surface area contributed by atoms with Crippen molar-refractivity contribution in [1.82, 2.24) is 10.3 Å². The van der Waals surface area contributed by atoms with Gasteiger partial charge in [0.05, 0.1) is 10.9 Å². The van der Waals surface area contributed by atoms with Crippen molar-refractivity contribution >= 4 is 28.8 Å². The molecular formula is C15H20ClN3S. The number of hydrogen-bond acceptors (Lipinski definition) is 4. The molecule has 2 aromatic rings. The smallest absolute Gasteiger partial charge is 0.128 e. The van der Waals surface area contributed by atoms with Crippen molar-refractivity contribution in [3.63, 3.8) is 0 Å². The number of hydrogen-bond donors (Lipinski definition) is 1. The van der Waals surface area contributed by atoms with Gasteiger partial charge >= 0.3 is 0 Å². The Morgan fingerprint density at radius 1 is 1.35 bits per heavy atom. The van der Waals surface area contributed by atoms with Crippen LogP contribution in [0.4, 0.5) is 5.82 Å². The van der Waals surface area contributed by atoms with E-state index in [1.165, 1.54) is 10.4 Å². The van der Waals surface area contributed by atoms with Crippen molar-refractivity contribution in [2.45, 2.75) is 26.4 Å². The quantitative estimate of drug-likeness (QED) is 0.870. The van der Waals surface area contributed by atoms with Crippen LogP contribution in [0.1, 0.15) is 30.3 Å². The summed E-state index contributed by atoms with van der Waals surface area (Å²) in [5.74, 6) is 0.974. The summed E-state index contributed by atoms with van der Waals surface area (Å²) in [7, 11) is 2.04. The molecule has 0 aliphatic rings. The van der Waals surface area contributed by atoms with Crippen molar-refractivity contribution in [3.05, 3.63) is 45.2 Å². The second-order valence-corrected chi connectivity index (χ2v) is 6.59. The fourth-order valence-electron chi connectivity index (χ4n) is 2.05. The van der Waals surface area contributed by atoms with Gasteiger partial charge in [0.2, 0.25) is 0 Å². The van der Waals surface area contributed by atoms with Crippen molar-refractivity contribution in [3.8, 4) is 0 Å². The lowest BCUT2D eigenvalue weighted by molar-refractivity contribution is 0.596. The van der Waals surface area contributed by atoms with E-state index in [2.05, 4.69) is 47.2 Å². The number of anilines is 1. The van der Waals surface area contributed by atoms with Crippen LogP contribution in [0.15, 0.2) is 30.5 Å². The first-order valence-corrected chi connectivity index (χ1v) is 7.94. The van der Waals surface area contributed by atoms with Gasteiger partial charge in [-0.25, -0.2) is 4.98 Å². The highest BCUT2D eigenvalue weighted by Crippen LogP contribution is 2.24. The molecule has 1 N–H and O–H groups in total. The molecule has 0 aliphatic carbocycles. The minimum absolute atomic E-state index is 0.336. The van der Waals surface area contributed by atoms with Crippen LogP contribution in [0.2, 0.25) is 4.34 Å². The second-order valence-electron chi connectivity index (χ2n) is 4.79. The minimum atomic E-state index is 0.336. The molecule has 2 aromatic heterocycles. The molecule has 0 saturated heterocycles. The fourth-order valence-corrected chi connectivity index (χ4v) is 3.20. The van der Waals surface area contributed by atoms with Crippen LogP contribution < -0.4 is 10.2 Å². The van der Waals surface area contributed by atoms with Crippen molar-refractivity contribution in [2.24, 2.45) is 0 Å². The molecule has 3 nitrogen and oxygen atoms in total. The normalized spacial score (nSPS) is 12.4. The Morgan fingerprint density at radius 2 is 2.15 bits per heavy atom. The van der Waals surface area contributed by atoms with E-state index in [9.17, 15) is 0 Å². The Labute approximate surface area is 129 Å². The number of rotatable bonds is 6. The lowest BCUT2D eigenvalue weighted by Crippen LogP contribution is -2.19. The SMILES string of the molecule is CCNC(C)c1ccc(N(C)Cc2ccc(Cl)s2)nc1. The molecule has 2 rings (SSSR count). The van der Waals surface area contributed by atoms with Gasteiger partial charge in [-0.3, -0.25) is 0 Å². The topological polar surface area (TPSA) is 28.2 Å². The highest BCUT2D eigenvalue weighted by molar-refractivity contribution is 7.16. The molecule has 108 valence electrons. The molecule has 0 spiro atoms. The zero-order valence-corrected chi connectivity index (χ0v) is 13.6. The summed E-state index contributed by atoms with van der Waals surface area (Å²) in [6, 6.07) is 8.53. The lowest BCUT2D eigenvalue weighted by atomic mass is 10.1. The van der Waals surface area contributed by atoms with Gasteiger partial charge in [0.15, 0.2) is 0 Å². The van der Waals surface area contributed by atoms with Gasteiger partial charge in [-0.05, 0) is 37.2 Å². The van der Waals surface area contributed by atoms with Crippen LogP contribution in [-0.4, -0.2) is 18.6 Å². The van der Waals surface area contributed by atoms with Gasteiger partial charge in [0.25, 0.3) is 0 Å². The summed E-state index contributed by atoms with van der Waals surface area (Å²) in [4.78, 5) is 7.91. The maximum Gasteiger partial charge on any atom is 0.128 e. The van der Waals surface area contributed by atoms with Crippen molar-refractivity contribution in [2.75, 3.05) is 18.5 Å². The molecule has 2 heterocycles. The largest absolute Gasteiger partial charge is 0.355 e. The van der Waals surface area contributed by atoms with Gasteiger partial charge in [-0.15, -0.1) is 11.3 Å². The summed E-state index contributed by atoms with van der Waals surface area (Å²) in [5, 5.41) is 3.39. The number of nitrogens with one attached hydrogen (secondary N) is 1. The molecule has 0 amide bonds. The van der Waals surface area contributed by atoms with E-state index in [0.717, 1.165) is 23.2 Å². The lowest BCUT2D eigenvalue weighted by Gasteiger charge is -2.18. The predicted octanol–water partition coefficient (Wildman–Crippen LogP) is 4.10. The van der Waals surface area contributed by atoms with Gasteiger partial charge in [0, 0.05) is 24.2 Å².